The van der Waals surface area contributed by atoms with Gasteiger partial charge >= 0.3 is 6.18 Å². The number of nitrogens with one attached hydrogen (secondary N) is 2. The fourth-order valence-corrected chi connectivity index (χ4v) is 9.22. The Morgan fingerprint density at radius 1 is 1.07 bits per heavy atom. The minimum Gasteiger partial charge on any atom is -0.542 e. The average Bonchev–Trinajstić information content (AvgIpc) is 3.12. The number of carbonyl (C=O) groups excluding carboxylic acids is 2. The van der Waals surface area contributed by atoms with Crippen LogP contribution in [0, 0.1) is 19.8 Å². The van der Waals surface area contributed by atoms with E-state index in [-0.39, 0.29) is 53.5 Å². The van der Waals surface area contributed by atoms with Crippen LogP contribution < -0.4 is 19.9 Å². The number of carboxylic acid groups (broad SMARTS) is 1. The van der Waals surface area contributed by atoms with E-state index < -0.39 is 27.7 Å². The lowest BCUT2D eigenvalue weighted by Crippen LogP contribution is -2.62. The summed E-state index contributed by atoms with van der Waals surface area (Å²) in [5.41, 5.74) is 1.62. The Morgan fingerprint density at radius 3 is 2.33 bits per heavy atom. The van der Waals surface area contributed by atoms with Crippen molar-refractivity contribution in [3.63, 3.8) is 0 Å². The monoisotopic (exact) mass is 861 g/mol. The first-order chi connectivity index (χ1) is 26.6. The highest BCUT2D eigenvalue weighted by atomic mass is 35.5. The molecule has 0 saturated carbocycles. The molecule has 1 aromatic heterocycles. The summed E-state index contributed by atoms with van der Waals surface area (Å²) >= 11 is 13.4. The van der Waals surface area contributed by atoms with Gasteiger partial charge < -0.3 is 34.1 Å². The lowest BCUT2D eigenvalue weighted by Gasteiger charge is -2.42. The van der Waals surface area contributed by atoms with Gasteiger partial charge in [-0.05, 0) is 101 Å². The van der Waals surface area contributed by atoms with E-state index in [0.717, 1.165) is 60.0 Å². The average molecular weight is 863 g/mol. The summed E-state index contributed by atoms with van der Waals surface area (Å²) in [6, 6.07) is 10.6. The number of quaternary nitrogens is 1. The number of halogens is 5. The van der Waals surface area contributed by atoms with Crippen molar-refractivity contribution < 1.29 is 50.2 Å². The van der Waals surface area contributed by atoms with Crippen molar-refractivity contribution in [2.45, 2.75) is 75.6 Å². The molecule has 0 spiro atoms. The second kappa shape index (κ2) is 19.7. The Labute approximate surface area is 342 Å². The maximum Gasteiger partial charge on any atom is 0.430 e. The van der Waals surface area contributed by atoms with E-state index in [2.05, 4.69) is 36.2 Å². The molecular formula is C39H52Cl2F3N5O7S. The number of aliphatic carboxylic acids is 1. The molecule has 0 atom stereocenters. The molecule has 3 heterocycles. The molecule has 0 aliphatic carbocycles. The molecule has 3 aromatic rings. The summed E-state index contributed by atoms with van der Waals surface area (Å²) in [6.07, 6.45) is -0.667. The maximum atomic E-state index is 14.2. The third-order valence-corrected chi connectivity index (χ3v) is 12.5. The minimum absolute atomic E-state index is 0.0500. The van der Waals surface area contributed by atoms with Gasteiger partial charge in [-0.1, -0.05) is 35.3 Å². The lowest BCUT2D eigenvalue weighted by atomic mass is 9.88. The van der Waals surface area contributed by atoms with Crippen LogP contribution in [0.15, 0.2) is 41.3 Å². The number of carbonyl (C=O) groups is 2. The van der Waals surface area contributed by atoms with Crippen LogP contribution in [-0.4, -0.2) is 113 Å². The third-order valence-electron chi connectivity index (χ3n) is 10.0. The molecule has 1 amide bonds. The molecule has 316 valence electrons. The highest BCUT2D eigenvalue weighted by molar-refractivity contribution is 7.89. The van der Waals surface area contributed by atoms with Crippen LogP contribution in [0.5, 0.6) is 5.75 Å². The molecule has 2 saturated heterocycles. The van der Waals surface area contributed by atoms with Gasteiger partial charge in [0.15, 0.2) is 0 Å². The van der Waals surface area contributed by atoms with Crippen LogP contribution in [-0.2, 0) is 31.0 Å². The number of sulfonamides is 1. The van der Waals surface area contributed by atoms with E-state index in [9.17, 15) is 26.4 Å². The van der Waals surface area contributed by atoms with Crippen LogP contribution in [0.4, 0.5) is 13.2 Å². The van der Waals surface area contributed by atoms with E-state index in [1.165, 1.54) is 18.6 Å². The van der Waals surface area contributed by atoms with Crippen molar-refractivity contribution in [2.24, 2.45) is 5.92 Å². The van der Waals surface area contributed by atoms with Gasteiger partial charge in [-0.15, -0.1) is 0 Å². The Hall–Kier alpha value is -3.25. The van der Waals surface area contributed by atoms with Gasteiger partial charge in [-0.25, -0.2) is 13.4 Å². The summed E-state index contributed by atoms with van der Waals surface area (Å²) in [5.74, 6) is -2.20. The van der Waals surface area contributed by atoms with Gasteiger partial charge in [-0.3, -0.25) is 4.79 Å². The topological polar surface area (TPSA) is 150 Å². The number of nitrogens with zero attached hydrogens (tertiary/aromatic N) is 3. The van der Waals surface area contributed by atoms with Gasteiger partial charge in [0.2, 0.25) is 15.9 Å². The number of hydrogen-bond acceptors (Lipinski definition) is 9. The summed E-state index contributed by atoms with van der Waals surface area (Å²) < 4.78 is 75.3. The van der Waals surface area contributed by atoms with Crippen LogP contribution in [0.2, 0.25) is 10.0 Å². The molecule has 0 bridgehead atoms. The van der Waals surface area contributed by atoms with Crippen molar-refractivity contribution >= 4 is 56.0 Å². The largest absolute Gasteiger partial charge is 0.542 e. The fraction of sp³-hybridized carbons (Fsp3) is 0.564. The molecule has 12 nitrogen and oxygen atoms in total. The highest BCUT2D eigenvalue weighted by Crippen LogP contribution is 2.36. The predicted octanol–water partition coefficient (Wildman–Crippen LogP) is 5.18. The molecule has 57 heavy (non-hydrogen) atoms. The van der Waals surface area contributed by atoms with Crippen LogP contribution in [0.25, 0.3) is 10.9 Å². The predicted molar refractivity (Wildman–Crippen MR) is 210 cm³/mol. The fourth-order valence-electron chi connectivity index (χ4n) is 6.91. The molecule has 2 aliphatic rings. The number of carboxylic acids is 1. The van der Waals surface area contributed by atoms with Crippen molar-refractivity contribution in [1.82, 2.24) is 19.9 Å². The van der Waals surface area contributed by atoms with Gasteiger partial charge in [0.1, 0.15) is 34.3 Å². The van der Waals surface area contributed by atoms with E-state index >= 15 is 0 Å². The molecular weight excluding hydrogens is 810 g/mol. The normalized spacial score (nSPS) is 16.6. The number of benzene rings is 2. The Morgan fingerprint density at radius 2 is 1.72 bits per heavy atom. The third kappa shape index (κ3) is 12.9. The molecule has 2 fully saturated rings. The van der Waals surface area contributed by atoms with Crippen LogP contribution >= 0.6 is 23.2 Å². The number of likely N-dealkylation sites (tertiary alicyclic amines) is 1. The van der Waals surface area contributed by atoms with Crippen molar-refractivity contribution in [1.29, 1.82) is 0 Å². The number of ether oxygens (including phenoxy) is 2. The maximum absolute atomic E-state index is 14.2. The molecule has 0 radical (unpaired) electrons. The molecule has 2 aromatic carbocycles. The molecule has 5 rings (SSSR count). The van der Waals surface area contributed by atoms with Gasteiger partial charge in [0.05, 0.1) is 32.7 Å². The number of pyridine rings is 1. The van der Waals surface area contributed by atoms with Gasteiger partial charge in [0, 0.05) is 48.0 Å². The molecule has 0 unspecified atom stereocenters. The first-order valence-electron chi connectivity index (χ1n) is 18.8. The van der Waals surface area contributed by atoms with Crippen LogP contribution in [0.1, 0.15) is 55.3 Å². The van der Waals surface area contributed by atoms with E-state index in [0.29, 0.717) is 35.8 Å². The quantitative estimate of drug-likeness (QED) is 0.165. The van der Waals surface area contributed by atoms with Gasteiger partial charge in [0.25, 0.3) is 0 Å². The van der Waals surface area contributed by atoms with E-state index in [1.54, 1.807) is 0 Å². The Bertz CT molecular complexity index is 1980. The minimum atomic E-state index is -5.19. The zero-order chi connectivity index (χ0) is 42.2. The van der Waals surface area contributed by atoms with Crippen molar-refractivity contribution in [3.05, 3.63) is 63.3 Å². The van der Waals surface area contributed by atoms with Gasteiger partial charge in [-0.2, -0.15) is 17.9 Å². The number of amides is 1. The summed E-state index contributed by atoms with van der Waals surface area (Å²) in [7, 11) is 2.38. The first-order valence-corrected chi connectivity index (χ1v) is 21.0. The van der Waals surface area contributed by atoms with Crippen molar-refractivity contribution in [3.8, 4) is 5.75 Å². The standard InChI is InChI=1S/C37H52Cl2N5O5S.C2HF3O2/c1-26-23-27(2)41-35-29(26)9-8-10-32(35)49-25-30-31(38)11-12-33(34(30)39)50(46,47)42-37(15-21-48-22-16-37)36(45)43-18-13-28(14-19-43)24-40-17-6-7-20-44(3,4)5;3-2(4,5)1(6)7/h8-12,23,28,40,42H,6-7,13-22,24-25H2,1-5H3;(H,6,7)/q+1;/p-1. The first kappa shape index (κ1) is 46.4. The number of para-hydroxylation sites is 1. The number of fused-ring (bicyclic) bond motifs is 1. The number of aryl methyl sites for hydroxylation is 2. The van der Waals surface area contributed by atoms with E-state index in [4.69, 9.17) is 42.6 Å². The second-order valence-electron chi connectivity index (χ2n) is 15.6. The summed E-state index contributed by atoms with van der Waals surface area (Å²) in [5, 5.41) is 13.6. The van der Waals surface area contributed by atoms with Crippen LogP contribution in [0.3, 0.4) is 0 Å². The molecule has 2 N–H and O–H groups in total. The molecule has 18 heteroatoms. The number of piperidine rings is 1. The number of hydrogen-bond donors (Lipinski definition) is 2. The Kier molecular flexibility index (Phi) is 16.0. The second-order valence-corrected chi connectivity index (χ2v) is 18.0. The van der Waals surface area contributed by atoms with Crippen molar-refractivity contribution in [2.75, 3.05) is 67.1 Å². The number of alkyl halides is 3. The lowest BCUT2D eigenvalue weighted by molar-refractivity contribution is -0.870. The zero-order valence-electron chi connectivity index (χ0n) is 32.9. The Balaban J connectivity index is 0.000000940. The molecule has 2 aliphatic heterocycles. The highest BCUT2D eigenvalue weighted by Gasteiger charge is 2.47. The smallest absolute Gasteiger partial charge is 0.430 e. The number of unbranched alkanes of at least 4 members (excludes halogenated alkanes) is 1. The summed E-state index contributed by atoms with van der Waals surface area (Å²) in [6.45, 7) is 8.65. The summed E-state index contributed by atoms with van der Waals surface area (Å²) in [4.78, 5) is 29.3. The zero-order valence-corrected chi connectivity index (χ0v) is 35.3. The van der Waals surface area contributed by atoms with E-state index in [1.807, 2.05) is 43.0 Å². The number of rotatable bonds is 14. The number of aromatic nitrogens is 1. The SMILES string of the molecule is Cc1cc(C)c2cccc(OCc3c(Cl)ccc(S(=O)(=O)NC4(C(=O)N5CCC(CNCCCC[N+](C)(C)C)CC5)CCOCC4)c3Cl)c2n1.O=C([O-])C(F)(F)F.